The van der Waals surface area contributed by atoms with E-state index in [2.05, 4.69) is 45.9 Å². The minimum absolute atomic E-state index is 0.110. The van der Waals surface area contributed by atoms with E-state index in [9.17, 15) is 10.2 Å². The van der Waals surface area contributed by atoms with Crippen molar-refractivity contribution >= 4 is 21.6 Å². The minimum atomic E-state index is -0.240. The summed E-state index contributed by atoms with van der Waals surface area (Å²) < 4.78 is 7.78. The van der Waals surface area contributed by atoms with E-state index in [-0.39, 0.29) is 29.1 Å². The number of aliphatic hydroxyl groups excluding tert-OH is 2. The molecule has 1 heterocycles. The molecule has 0 saturated heterocycles. The molecule has 11 atom stereocenters. The third kappa shape index (κ3) is 4.13. The summed E-state index contributed by atoms with van der Waals surface area (Å²) in [5.41, 5.74) is 2.81. The monoisotopic (exact) mass is 539 g/mol. The first-order valence-electron chi connectivity index (χ1n) is 15.4. The van der Waals surface area contributed by atoms with Crippen molar-refractivity contribution in [3.8, 4) is 0 Å². The number of ether oxygens (including phenoxy) is 1. The number of nitrogens with zero attached hydrogens (tertiary/aromatic N) is 1. The molecule has 210 valence electrons. The molecule has 2 N–H and O–H groups in total. The van der Waals surface area contributed by atoms with Gasteiger partial charge in [0.15, 0.2) is 0 Å². The smallest absolute Gasteiger partial charge is 0.0938 e. The molecular weight excluding hydrogens is 490 g/mol. The summed E-state index contributed by atoms with van der Waals surface area (Å²) in [7, 11) is 1.94. The van der Waals surface area contributed by atoms with Crippen molar-refractivity contribution in [2.24, 2.45) is 46.3 Å². The van der Waals surface area contributed by atoms with E-state index in [1.807, 2.05) is 18.4 Å². The second kappa shape index (κ2) is 10.1. The summed E-state index contributed by atoms with van der Waals surface area (Å²) in [5, 5.41) is 23.4. The van der Waals surface area contributed by atoms with Crippen LogP contribution in [0.2, 0.25) is 0 Å². The highest BCUT2D eigenvalue weighted by Crippen LogP contribution is 2.69. The Hall–Kier alpha value is -1.01. The molecule has 1 unspecified atom stereocenters. The molecule has 5 heteroatoms. The van der Waals surface area contributed by atoms with Gasteiger partial charge in [-0.15, -0.1) is 11.3 Å². The van der Waals surface area contributed by atoms with E-state index in [0.717, 1.165) is 44.0 Å². The van der Waals surface area contributed by atoms with Crippen molar-refractivity contribution in [2.75, 3.05) is 7.11 Å². The number of rotatable bonds is 6. The lowest BCUT2D eigenvalue weighted by Crippen LogP contribution is -2.62. The van der Waals surface area contributed by atoms with Crippen molar-refractivity contribution in [1.29, 1.82) is 0 Å². The van der Waals surface area contributed by atoms with E-state index in [4.69, 9.17) is 9.72 Å². The lowest BCUT2D eigenvalue weighted by atomic mass is 9.43. The van der Waals surface area contributed by atoms with Gasteiger partial charge in [-0.1, -0.05) is 39.3 Å². The SMILES string of the molecule is CCC(CCc1nc2cccc(C)c2s1)[C@H]1CC[C@H]2[C@@H]3[C@H](O)C[C@@H]4C[C@H](O)CC[C@]4(C)[C@H]3C[C@H](OC)[C@]12C. The summed E-state index contributed by atoms with van der Waals surface area (Å²) in [4.78, 5) is 4.99. The molecule has 0 radical (unpaired) electrons. The van der Waals surface area contributed by atoms with Crippen LogP contribution in [0.15, 0.2) is 18.2 Å². The Bertz CT molecular complexity index is 1150. The molecule has 1 aromatic heterocycles. The van der Waals surface area contributed by atoms with Crippen LogP contribution in [-0.4, -0.2) is 40.6 Å². The molecule has 4 fully saturated rings. The Morgan fingerprint density at radius 2 is 1.92 bits per heavy atom. The third-order valence-electron chi connectivity index (χ3n) is 12.6. The van der Waals surface area contributed by atoms with Gasteiger partial charge in [0.05, 0.1) is 33.5 Å². The van der Waals surface area contributed by atoms with Crippen LogP contribution in [0.5, 0.6) is 0 Å². The Kier molecular flexibility index (Phi) is 7.24. The molecule has 0 amide bonds. The Morgan fingerprint density at radius 1 is 1.11 bits per heavy atom. The second-order valence-corrected chi connectivity index (χ2v) is 15.1. The number of hydrogen-bond donors (Lipinski definition) is 2. The van der Waals surface area contributed by atoms with E-state index in [1.54, 1.807) is 0 Å². The van der Waals surface area contributed by atoms with Crippen molar-refractivity contribution in [3.05, 3.63) is 28.8 Å². The molecule has 6 rings (SSSR count). The normalized spacial score (nSPS) is 43.4. The van der Waals surface area contributed by atoms with Gasteiger partial charge < -0.3 is 14.9 Å². The summed E-state index contributed by atoms with van der Waals surface area (Å²) >= 11 is 1.88. The molecule has 38 heavy (non-hydrogen) atoms. The molecule has 4 nitrogen and oxygen atoms in total. The van der Waals surface area contributed by atoms with Crippen LogP contribution in [0, 0.1) is 53.3 Å². The number of aromatic nitrogens is 1. The molecule has 0 bridgehead atoms. The Morgan fingerprint density at radius 3 is 2.66 bits per heavy atom. The number of methoxy groups -OCH3 is 1. The summed E-state index contributed by atoms with van der Waals surface area (Å²) in [6.45, 7) is 9.60. The summed E-state index contributed by atoms with van der Waals surface area (Å²) in [5.74, 6) is 3.11. The largest absolute Gasteiger partial charge is 0.393 e. The molecule has 0 spiro atoms. The lowest BCUT2D eigenvalue weighted by Gasteiger charge is -2.64. The Labute approximate surface area is 233 Å². The van der Waals surface area contributed by atoms with Crippen LogP contribution < -0.4 is 0 Å². The quantitative estimate of drug-likeness (QED) is 0.408. The van der Waals surface area contributed by atoms with Crippen molar-refractivity contribution in [3.63, 3.8) is 0 Å². The average molecular weight is 540 g/mol. The minimum Gasteiger partial charge on any atom is -0.393 e. The van der Waals surface area contributed by atoms with Crippen molar-refractivity contribution in [1.82, 2.24) is 4.98 Å². The average Bonchev–Trinajstić information content (AvgIpc) is 3.47. The molecular formula is C33H49NO3S. The van der Waals surface area contributed by atoms with E-state index in [1.165, 1.54) is 41.0 Å². The van der Waals surface area contributed by atoms with Gasteiger partial charge in [0, 0.05) is 12.5 Å². The van der Waals surface area contributed by atoms with E-state index in [0.29, 0.717) is 35.5 Å². The number of thiazole rings is 1. The molecule has 2 aromatic rings. The zero-order valence-electron chi connectivity index (χ0n) is 24.2. The maximum atomic E-state index is 11.7. The van der Waals surface area contributed by atoms with Gasteiger partial charge in [-0.3, -0.25) is 0 Å². The first-order valence-corrected chi connectivity index (χ1v) is 16.3. The third-order valence-corrected chi connectivity index (χ3v) is 13.8. The predicted octanol–water partition coefficient (Wildman–Crippen LogP) is 7.18. The first kappa shape index (κ1) is 27.2. The second-order valence-electron chi connectivity index (χ2n) is 14.0. The fourth-order valence-electron chi connectivity index (χ4n) is 10.5. The van der Waals surface area contributed by atoms with Gasteiger partial charge in [0.1, 0.15) is 0 Å². The first-order chi connectivity index (χ1) is 18.2. The Balaban J connectivity index is 1.25. The highest BCUT2D eigenvalue weighted by molar-refractivity contribution is 7.18. The van der Waals surface area contributed by atoms with Crippen LogP contribution in [0.4, 0.5) is 0 Å². The van der Waals surface area contributed by atoms with Gasteiger partial charge >= 0.3 is 0 Å². The number of aliphatic hydroxyl groups is 2. The van der Waals surface area contributed by atoms with Gasteiger partial charge in [-0.05, 0) is 117 Å². The predicted molar refractivity (Wildman–Crippen MR) is 155 cm³/mol. The highest BCUT2D eigenvalue weighted by atomic mass is 32.1. The van der Waals surface area contributed by atoms with Crippen LogP contribution >= 0.6 is 11.3 Å². The number of fused-ring (bicyclic) bond motifs is 6. The molecule has 4 aliphatic rings. The van der Waals surface area contributed by atoms with Crippen molar-refractivity contribution in [2.45, 2.75) is 110 Å². The maximum Gasteiger partial charge on any atom is 0.0938 e. The van der Waals surface area contributed by atoms with Gasteiger partial charge in [-0.2, -0.15) is 0 Å². The molecule has 4 aliphatic carbocycles. The standard InChI is InChI=1S/C33H49NO3S/c1-6-20(10-13-29-34-26-9-7-8-19(2)31(26)38-29)23-11-12-24-30-25(18-28(37-5)33(23,24)4)32(3)15-14-22(35)16-21(32)17-27(30)36/h7-9,20-25,27-28,30,35-36H,6,10-18H2,1-5H3/t20?,21-,22+,23+,24-,25-,27+,28-,30-,32-,33+/m0/s1. The lowest BCUT2D eigenvalue weighted by molar-refractivity contribution is -0.213. The zero-order valence-corrected chi connectivity index (χ0v) is 25.0. The summed E-state index contributed by atoms with van der Waals surface area (Å²) in [6, 6.07) is 6.46. The highest BCUT2D eigenvalue weighted by Gasteiger charge is 2.66. The number of benzene rings is 1. The number of hydrogen-bond acceptors (Lipinski definition) is 5. The van der Waals surface area contributed by atoms with Crippen molar-refractivity contribution < 1.29 is 14.9 Å². The fourth-order valence-corrected chi connectivity index (χ4v) is 11.6. The van der Waals surface area contributed by atoms with E-state index < -0.39 is 0 Å². The van der Waals surface area contributed by atoms with Crippen LogP contribution in [0.1, 0.15) is 89.1 Å². The van der Waals surface area contributed by atoms with Crippen LogP contribution in [-0.2, 0) is 11.2 Å². The van der Waals surface area contributed by atoms with Crippen LogP contribution in [0.3, 0.4) is 0 Å². The fraction of sp³-hybridized carbons (Fsp3) is 0.788. The maximum absolute atomic E-state index is 11.7. The molecule has 0 aliphatic heterocycles. The van der Waals surface area contributed by atoms with Gasteiger partial charge in [0.2, 0.25) is 0 Å². The van der Waals surface area contributed by atoms with Gasteiger partial charge in [-0.25, -0.2) is 4.98 Å². The number of aryl methyl sites for hydroxylation is 2. The zero-order chi connectivity index (χ0) is 26.8. The summed E-state index contributed by atoms with van der Waals surface area (Å²) in [6.07, 6.45) is 10.5. The topological polar surface area (TPSA) is 62.6 Å². The van der Waals surface area contributed by atoms with Gasteiger partial charge in [0.25, 0.3) is 0 Å². The molecule has 1 aromatic carbocycles. The van der Waals surface area contributed by atoms with E-state index >= 15 is 0 Å². The van der Waals surface area contributed by atoms with Crippen LogP contribution in [0.25, 0.3) is 10.2 Å². The molecule has 4 saturated carbocycles.